The van der Waals surface area contributed by atoms with E-state index in [1.807, 2.05) is 6.08 Å². The van der Waals surface area contributed by atoms with Crippen LogP contribution in [-0.2, 0) is 13.2 Å². The van der Waals surface area contributed by atoms with Gasteiger partial charge in [0, 0.05) is 42.9 Å². The van der Waals surface area contributed by atoms with Gasteiger partial charge in [-0.25, -0.2) is 9.98 Å². The molecule has 1 saturated carbocycles. The van der Waals surface area contributed by atoms with Crippen molar-refractivity contribution in [3.05, 3.63) is 60.7 Å². The molecule has 8 nitrogen and oxygen atoms in total. The van der Waals surface area contributed by atoms with Crippen molar-refractivity contribution in [2.24, 2.45) is 34.4 Å². The Morgan fingerprint density at radius 2 is 1.87 bits per heavy atom. The minimum atomic E-state index is -4.63. The number of aryl methyl sites for hydroxylation is 1. The van der Waals surface area contributed by atoms with Crippen molar-refractivity contribution in [3.8, 4) is 0 Å². The number of nitrogens with one attached hydrogen (secondary N) is 2. The zero-order chi connectivity index (χ0) is 29.4. The SMILES string of the molecule is C=C.CC(=N)C/C=C\C=C/CN=C1N=C(N)CC(c2cn(C)nc2C(F)(F)F)=C(N)N1.CCCC1CCCC1. The number of hydrogen-bond donors (Lipinski definition) is 4. The number of halogens is 3. The maximum absolute atomic E-state index is 13.3. The fraction of sp³-hybridized carbons (Fsp3) is 0.500. The van der Waals surface area contributed by atoms with E-state index in [0.29, 0.717) is 12.1 Å². The Morgan fingerprint density at radius 3 is 2.46 bits per heavy atom. The van der Waals surface area contributed by atoms with Crippen molar-refractivity contribution < 1.29 is 13.2 Å². The average Bonchev–Trinajstić information content (AvgIpc) is 3.50. The molecule has 3 rings (SSSR count). The molecule has 11 heteroatoms. The molecule has 6 N–H and O–H groups in total. The second-order valence-corrected chi connectivity index (χ2v) is 9.30. The number of guanidine groups is 1. The Kier molecular flexibility index (Phi) is 14.6. The van der Waals surface area contributed by atoms with Crippen LogP contribution in [0.25, 0.3) is 5.57 Å². The molecule has 1 aromatic heterocycles. The average molecular weight is 549 g/mol. The summed E-state index contributed by atoms with van der Waals surface area (Å²) in [6, 6.07) is 0. The van der Waals surface area contributed by atoms with Gasteiger partial charge in [-0.05, 0) is 12.8 Å². The van der Waals surface area contributed by atoms with Crippen LogP contribution in [0.2, 0.25) is 0 Å². The smallest absolute Gasteiger partial charge is 0.387 e. The summed E-state index contributed by atoms with van der Waals surface area (Å²) in [4.78, 5) is 8.28. The molecule has 0 radical (unpaired) electrons. The second-order valence-electron chi connectivity index (χ2n) is 9.30. The van der Waals surface area contributed by atoms with E-state index in [-0.39, 0.29) is 41.7 Å². The minimum absolute atomic E-state index is 0.0169. The first-order valence-corrected chi connectivity index (χ1v) is 13.1. The maximum Gasteiger partial charge on any atom is 0.435 e. The fourth-order valence-corrected chi connectivity index (χ4v) is 4.22. The molecule has 2 heterocycles. The molecule has 0 saturated heterocycles. The van der Waals surface area contributed by atoms with Crippen molar-refractivity contribution in [1.29, 1.82) is 5.41 Å². The summed E-state index contributed by atoms with van der Waals surface area (Å²) in [6.07, 6.45) is 13.2. The van der Waals surface area contributed by atoms with E-state index in [0.717, 1.165) is 10.6 Å². The molecule has 39 heavy (non-hydrogen) atoms. The van der Waals surface area contributed by atoms with E-state index in [1.165, 1.54) is 51.8 Å². The van der Waals surface area contributed by atoms with Gasteiger partial charge in [0.25, 0.3) is 0 Å². The van der Waals surface area contributed by atoms with Crippen molar-refractivity contribution in [2.45, 2.75) is 71.4 Å². The summed E-state index contributed by atoms with van der Waals surface area (Å²) in [6.45, 7) is 10.3. The highest BCUT2D eigenvalue weighted by Gasteiger charge is 2.38. The van der Waals surface area contributed by atoms with Crippen LogP contribution in [0.1, 0.15) is 76.5 Å². The van der Waals surface area contributed by atoms with Crippen LogP contribution in [0, 0.1) is 11.3 Å². The summed E-state index contributed by atoms with van der Waals surface area (Å²) < 4.78 is 40.9. The quantitative estimate of drug-likeness (QED) is 0.178. The molecule has 0 aromatic carbocycles. The molecule has 1 fully saturated rings. The second kappa shape index (κ2) is 17.1. The van der Waals surface area contributed by atoms with Gasteiger partial charge < -0.3 is 22.2 Å². The molecule has 2 aliphatic rings. The monoisotopic (exact) mass is 548 g/mol. The number of hydrogen-bond acceptors (Lipinski definition) is 5. The summed E-state index contributed by atoms with van der Waals surface area (Å²) in [5, 5.41) is 13.5. The molecule has 1 aromatic rings. The zero-order valence-electron chi connectivity index (χ0n) is 23.3. The van der Waals surface area contributed by atoms with Gasteiger partial charge in [-0.2, -0.15) is 18.3 Å². The van der Waals surface area contributed by atoms with Crippen LogP contribution in [0.3, 0.4) is 0 Å². The van der Waals surface area contributed by atoms with Crippen molar-refractivity contribution >= 4 is 23.1 Å². The van der Waals surface area contributed by atoms with Crippen LogP contribution in [0.15, 0.2) is 59.5 Å². The molecule has 0 atom stereocenters. The fourth-order valence-electron chi connectivity index (χ4n) is 4.22. The predicted molar refractivity (Wildman–Crippen MR) is 155 cm³/mol. The van der Waals surface area contributed by atoms with Gasteiger partial charge in [-0.1, -0.05) is 69.8 Å². The first-order chi connectivity index (χ1) is 18.5. The van der Waals surface area contributed by atoms with Gasteiger partial charge >= 0.3 is 6.18 Å². The molecule has 1 aliphatic heterocycles. The van der Waals surface area contributed by atoms with Crippen LogP contribution in [0.4, 0.5) is 13.2 Å². The molecule has 0 spiro atoms. The van der Waals surface area contributed by atoms with Crippen LogP contribution in [0.5, 0.6) is 0 Å². The minimum Gasteiger partial charge on any atom is -0.387 e. The highest BCUT2D eigenvalue weighted by atomic mass is 19.4. The normalized spacial score (nSPS) is 17.4. The number of alkyl halides is 3. The summed E-state index contributed by atoms with van der Waals surface area (Å²) >= 11 is 0. The number of rotatable bonds is 8. The van der Waals surface area contributed by atoms with Crippen molar-refractivity contribution in [2.75, 3.05) is 6.54 Å². The first-order valence-electron chi connectivity index (χ1n) is 13.1. The lowest BCUT2D eigenvalue weighted by Crippen LogP contribution is -2.27. The zero-order valence-corrected chi connectivity index (χ0v) is 23.3. The van der Waals surface area contributed by atoms with E-state index in [2.05, 4.69) is 40.5 Å². The molecule has 0 amide bonds. The van der Waals surface area contributed by atoms with Crippen molar-refractivity contribution in [3.63, 3.8) is 0 Å². The standard InChI is InChI=1S/C18H23F3N8.C8H16.C2H4/c1-11(22)7-5-3-4-6-8-25-17-26-14(23)9-12(16(24)27-17)13-10-29(2)28-15(13)18(19,20)21;1-2-5-8-6-3-4-7-8;1-2/h3-6,10,22H,7-9,24H2,1-2H3,(H3,23,25,26,27);8H,2-7H2,1H3;1-2H2/b5-3-,6-4-,22-11?;;. The Morgan fingerprint density at radius 1 is 1.23 bits per heavy atom. The molecular formula is C28H43F3N8. The third-order valence-electron chi connectivity index (χ3n) is 5.93. The van der Waals surface area contributed by atoms with Gasteiger partial charge in [0.15, 0.2) is 5.69 Å². The number of amidine groups is 1. The van der Waals surface area contributed by atoms with E-state index >= 15 is 0 Å². The number of allylic oxidation sites excluding steroid dienone is 3. The van der Waals surface area contributed by atoms with Crippen LogP contribution in [-0.4, -0.2) is 33.8 Å². The summed E-state index contributed by atoms with van der Waals surface area (Å²) in [7, 11) is 1.40. The molecule has 1 aliphatic carbocycles. The lowest BCUT2D eigenvalue weighted by molar-refractivity contribution is -0.141. The molecule has 216 valence electrons. The number of nitrogens with zero attached hydrogens (tertiary/aromatic N) is 4. The third kappa shape index (κ3) is 12.2. The van der Waals surface area contributed by atoms with Crippen molar-refractivity contribution in [1.82, 2.24) is 15.1 Å². The number of nitrogens with two attached hydrogens (primary N) is 2. The summed E-state index contributed by atoms with van der Waals surface area (Å²) in [5.74, 6) is 1.28. The molecular weight excluding hydrogens is 505 g/mol. The Labute approximate surface area is 230 Å². The van der Waals surface area contributed by atoms with Crippen LogP contribution >= 0.6 is 0 Å². The van der Waals surface area contributed by atoms with Gasteiger partial charge in [-0.3, -0.25) is 4.68 Å². The maximum atomic E-state index is 13.3. The van der Waals surface area contributed by atoms with Gasteiger partial charge in [0.05, 0.1) is 6.54 Å². The number of aliphatic imine (C=N–C) groups is 2. The van der Waals surface area contributed by atoms with Gasteiger partial charge in [-0.15, -0.1) is 13.2 Å². The highest BCUT2D eigenvalue weighted by molar-refractivity contribution is 6.03. The number of aromatic nitrogens is 2. The first kappa shape index (κ1) is 33.4. The van der Waals surface area contributed by atoms with E-state index in [4.69, 9.17) is 16.9 Å². The topological polar surface area (TPSA) is 130 Å². The Bertz CT molecular complexity index is 1070. The highest BCUT2D eigenvalue weighted by Crippen LogP contribution is 2.35. The lowest BCUT2D eigenvalue weighted by Gasteiger charge is -2.11. The van der Waals surface area contributed by atoms with E-state index in [1.54, 1.807) is 25.2 Å². The van der Waals surface area contributed by atoms with E-state index in [9.17, 15) is 13.2 Å². The third-order valence-corrected chi connectivity index (χ3v) is 5.93. The predicted octanol–water partition coefficient (Wildman–Crippen LogP) is 6.09. The summed E-state index contributed by atoms with van der Waals surface area (Å²) in [5.41, 5.74) is 11.4. The molecule has 0 bridgehead atoms. The lowest BCUT2D eigenvalue weighted by atomic mass is 10.0. The largest absolute Gasteiger partial charge is 0.435 e. The van der Waals surface area contributed by atoms with E-state index < -0.39 is 11.9 Å². The Hall–Kier alpha value is -3.63. The van der Waals surface area contributed by atoms with Gasteiger partial charge in [0.1, 0.15) is 11.7 Å². The van der Waals surface area contributed by atoms with Gasteiger partial charge in [0.2, 0.25) is 5.96 Å². The van der Waals surface area contributed by atoms with Crippen LogP contribution < -0.4 is 16.8 Å². The molecule has 0 unspecified atom stereocenters. The Balaban J connectivity index is 0.000000641.